The van der Waals surface area contributed by atoms with Crippen LogP contribution in [-0.4, -0.2) is 52.8 Å². The van der Waals surface area contributed by atoms with Crippen LogP contribution in [0.25, 0.3) is 0 Å². The number of anilines is 2. The van der Waals surface area contributed by atoms with E-state index in [0.717, 1.165) is 49.9 Å². The van der Waals surface area contributed by atoms with E-state index in [1.165, 1.54) is 11.8 Å². The van der Waals surface area contributed by atoms with Gasteiger partial charge in [0.2, 0.25) is 11.9 Å². The van der Waals surface area contributed by atoms with Gasteiger partial charge in [-0.15, -0.1) is 0 Å². The van der Waals surface area contributed by atoms with Gasteiger partial charge in [0.05, 0.1) is 11.3 Å². The molecule has 2 aromatic heterocycles. The third-order valence-electron chi connectivity index (χ3n) is 4.34. The van der Waals surface area contributed by atoms with E-state index in [-0.39, 0.29) is 5.75 Å². The van der Waals surface area contributed by atoms with Crippen molar-refractivity contribution in [2.75, 3.05) is 41.7 Å². The number of hydrogen-bond donors (Lipinski definition) is 1. The molecular weight excluding hydrogens is 362 g/mol. The predicted molar refractivity (Wildman–Crippen MR) is 105 cm³/mol. The van der Waals surface area contributed by atoms with Gasteiger partial charge in [-0.05, 0) is 24.1 Å². The van der Waals surface area contributed by atoms with E-state index in [0.29, 0.717) is 10.6 Å². The lowest BCUT2D eigenvalue weighted by atomic mass is 10.1. The lowest BCUT2D eigenvalue weighted by molar-refractivity contribution is -0.115. The van der Waals surface area contributed by atoms with E-state index in [2.05, 4.69) is 30.8 Å². The van der Waals surface area contributed by atoms with Crippen molar-refractivity contribution in [2.45, 2.75) is 18.4 Å². The second-order valence-corrected chi connectivity index (χ2v) is 7.03. The van der Waals surface area contributed by atoms with Crippen molar-refractivity contribution in [3.05, 3.63) is 35.7 Å². The summed E-state index contributed by atoms with van der Waals surface area (Å²) in [6, 6.07) is 6.00. The molecule has 0 saturated carbocycles. The summed E-state index contributed by atoms with van der Waals surface area (Å²) >= 11 is 1.22. The van der Waals surface area contributed by atoms with E-state index in [4.69, 9.17) is 5.73 Å². The van der Waals surface area contributed by atoms with Crippen molar-refractivity contribution in [2.24, 2.45) is 5.73 Å². The number of rotatable bonds is 6. The summed E-state index contributed by atoms with van der Waals surface area (Å²) in [6.45, 7) is 5.14. The fourth-order valence-corrected chi connectivity index (χ4v) is 3.71. The summed E-state index contributed by atoms with van der Waals surface area (Å²) in [4.78, 5) is 28.7. The molecule has 0 radical (unpaired) electrons. The Labute approximate surface area is 162 Å². The quantitative estimate of drug-likeness (QED) is 0.741. The molecule has 9 heteroatoms. The summed E-state index contributed by atoms with van der Waals surface area (Å²) < 4.78 is 0. The Kier molecular flexibility index (Phi) is 6.08. The van der Waals surface area contributed by atoms with Crippen LogP contribution in [0.1, 0.15) is 18.1 Å². The molecule has 1 fully saturated rings. The number of amides is 1. The minimum atomic E-state index is -0.425. The van der Waals surface area contributed by atoms with Gasteiger partial charge in [-0.3, -0.25) is 4.79 Å². The van der Waals surface area contributed by atoms with Crippen LogP contribution in [0.2, 0.25) is 0 Å². The third kappa shape index (κ3) is 4.46. The number of aryl methyl sites for hydroxylation is 1. The van der Waals surface area contributed by atoms with E-state index in [9.17, 15) is 10.1 Å². The number of aromatic nitrogens is 3. The molecule has 1 aliphatic heterocycles. The van der Waals surface area contributed by atoms with Gasteiger partial charge in [0.15, 0.2) is 0 Å². The fraction of sp³-hybridized carbons (Fsp3) is 0.389. The van der Waals surface area contributed by atoms with Crippen molar-refractivity contribution in [1.82, 2.24) is 15.0 Å². The molecule has 0 aliphatic carbocycles. The van der Waals surface area contributed by atoms with E-state index in [1.807, 2.05) is 13.0 Å². The first-order valence-electron chi connectivity index (χ1n) is 8.74. The second kappa shape index (κ2) is 8.68. The topological polar surface area (TPSA) is 112 Å². The Hall–Kier alpha value is -2.86. The molecular formula is C18H21N7OS. The first-order valence-corrected chi connectivity index (χ1v) is 9.73. The normalized spacial score (nSPS) is 14.1. The molecule has 27 heavy (non-hydrogen) atoms. The molecule has 1 aliphatic rings. The zero-order valence-electron chi connectivity index (χ0n) is 15.1. The molecule has 2 aromatic rings. The van der Waals surface area contributed by atoms with E-state index < -0.39 is 5.91 Å². The number of nitriles is 1. The lowest BCUT2D eigenvalue weighted by Gasteiger charge is -2.35. The molecule has 8 nitrogen and oxygen atoms in total. The Morgan fingerprint density at radius 1 is 1.26 bits per heavy atom. The van der Waals surface area contributed by atoms with Gasteiger partial charge in [0, 0.05) is 38.6 Å². The Morgan fingerprint density at radius 2 is 1.93 bits per heavy atom. The van der Waals surface area contributed by atoms with Gasteiger partial charge in [0.25, 0.3) is 0 Å². The molecule has 3 heterocycles. The number of carbonyl (C=O) groups is 1. The summed E-state index contributed by atoms with van der Waals surface area (Å²) in [5.74, 6) is 1.24. The van der Waals surface area contributed by atoms with E-state index in [1.54, 1.807) is 18.5 Å². The van der Waals surface area contributed by atoms with Crippen LogP contribution in [0.3, 0.4) is 0 Å². The van der Waals surface area contributed by atoms with Gasteiger partial charge in [-0.25, -0.2) is 15.0 Å². The summed E-state index contributed by atoms with van der Waals surface area (Å²) in [5, 5.41) is 10.1. The maximum Gasteiger partial charge on any atom is 0.227 e. The standard InChI is InChI=1S/C18H21N7OS/c1-2-13-10-16(23-17(14(13)11-19)27-12-15(20)26)24-6-8-25(9-7-24)18-21-4-3-5-22-18/h3-5,10H,2,6-9,12H2,1H3,(H2,20,26). The van der Waals surface area contributed by atoms with Crippen molar-refractivity contribution < 1.29 is 4.79 Å². The third-order valence-corrected chi connectivity index (χ3v) is 5.33. The largest absolute Gasteiger partial charge is 0.369 e. The average molecular weight is 383 g/mol. The summed E-state index contributed by atoms with van der Waals surface area (Å²) in [7, 11) is 0. The minimum absolute atomic E-state index is 0.105. The molecule has 1 amide bonds. The highest BCUT2D eigenvalue weighted by Gasteiger charge is 2.22. The van der Waals surface area contributed by atoms with Gasteiger partial charge in [-0.2, -0.15) is 5.26 Å². The number of pyridine rings is 1. The van der Waals surface area contributed by atoms with Crippen LogP contribution in [0, 0.1) is 11.3 Å². The summed E-state index contributed by atoms with van der Waals surface area (Å²) in [6.07, 6.45) is 4.21. The molecule has 140 valence electrons. The molecule has 1 saturated heterocycles. The summed E-state index contributed by atoms with van der Waals surface area (Å²) in [5.41, 5.74) is 6.72. The second-order valence-electron chi connectivity index (χ2n) is 6.06. The number of primary amides is 1. The molecule has 0 bridgehead atoms. The fourth-order valence-electron chi connectivity index (χ4n) is 2.95. The molecule has 3 rings (SSSR count). The number of piperazine rings is 1. The number of nitrogens with two attached hydrogens (primary N) is 1. The Balaban J connectivity index is 1.79. The highest BCUT2D eigenvalue weighted by molar-refractivity contribution is 8.00. The number of thioether (sulfide) groups is 1. The zero-order valence-corrected chi connectivity index (χ0v) is 15.9. The molecule has 0 unspecified atom stereocenters. The molecule has 0 atom stereocenters. The van der Waals surface area contributed by atoms with Crippen molar-refractivity contribution in [3.63, 3.8) is 0 Å². The first-order chi connectivity index (χ1) is 13.1. The van der Waals surface area contributed by atoms with Crippen molar-refractivity contribution in [1.29, 1.82) is 5.26 Å². The number of hydrogen-bond acceptors (Lipinski definition) is 8. The van der Waals surface area contributed by atoms with Gasteiger partial charge < -0.3 is 15.5 Å². The molecule has 0 spiro atoms. The lowest BCUT2D eigenvalue weighted by Crippen LogP contribution is -2.47. The van der Waals surface area contributed by atoms with Crippen LogP contribution >= 0.6 is 11.8 Å². The van der Waals surface area contributed by atoms with Gasteiger partial charge in [-0.1, -0.05) is 18.7 Å². The van der Waals surface area contributed by atoms with Crippen LogP contribution in [0.4, 0.5) is 11.8 Å². The minimum Gasteiger partial charge on any atom is -0.369 e. The number of carbonyl (C=O) groups excluding carboxylic acids is 1. The highest BCUT2D eigenvalue weighted by Crippen LogP contribution is 2.28. The monoisotopic (exact) mass is 383 g/mol. The number of nitrogens with zero attached hydrogens (tertiary/aromatic N) is 6. The Morgan fingerprint density at radius 3 is 2.52 bits per heavy atom. The SMILES string of the molecule is CCc1cc(N2CCN(c3ncccn3)CC2)nc(SCC(N)=O)c1C#N. The van der Waals surface area contributed by atoms with Crippen LogP contribution in [0.15, 0.2) is 29.6 Å². The van der Waals surface area contributed by atoms with Crippen LogP contribution < -0.4 is 15.5 Å². The van der Waals surface area contributed by atoms with Crippen LogP contribution in [-0.2, 0) is 11.2 Å². The smallest absolute Gasteiger partial charge is 0.227 e. The first kappa shape index (κ1) is 18.9. The molecule has 2 N–H and O–H groups in total. The highest BCUT2D eigenvalue weighted by atomic mass is 32.2. The van der Waals surface area contributed by atoms with E-state index >= 15 is 0 Å². The predicted octanol–water partition coefficient (Wildman–Crippen LogP) is 1.21. The zero-order chi connectivity index (χ0) is 19.2. The van der Waals surface area contributed by atoms with Crippen molar-refractivity contribution >= 4 is 29.4 Å². The maximum absolute atomic E-state index is 11.1. The Bertz CT molecular complexity index is 845. The average Bonchev–Trinajstić information content (AvgIpc) is 2.72. The van der Waals surface area contributed by atoms with Gasteiger partial charge >= 0.3 is 0 Å². The van der Waals surface area contributed by atoms with Gasteiger partial charge in [0.1, 0.15) is 16.9 Å². The van der Waals surface area contributed by atoms with Crippen molar-refractivity contribution in [3.8, 4) is 6.07 Å². The maximum atomic E-state index is 11.1. The molecule has 0 aromatic carbocycles. The van der Waals surface area contributed by atoms with Crippen LogP contribution in [0.5, 0.6) is 0 Å².